The van der Waals surface area contributed by atoms with Gasteiger partial charge in [-0.1, -0.05) is 368 Å². The van der Waals surface area contributed by atoms with Crippen molar-refractivity contribution in [2.45, 2.75) is 51.9 Å². The smallest absolute Gasteiger partial charge is 0.143 e. The summed E-state index contributed by atoms with van der Waals surface area (Å²) in [5.41, 5.74) is 25.8. The third kappa shape index (κ3) is 10.5. The molecule has 3 heterocycles. The Morgan fingerprint density at radius 1 is 0.237 bits per heavy atom. The molecular formula is C111H77NO2. The lowest BCUT2D eigenvalue weighted by Crippen LogP contribution is -2.22. The molecule has 0 unspecified atom stereocenters. The molecule has 3 heteroatoms. The van der Waals surface area contributed by atoms with Crippen LogP contribution in [0.25, 0.3) is 219 Å². The molecule has 114 heavy (non-hydrogen) atoms. The van der Waals surface area contributed by atoms with Gasteiger partial charge >= 0.3 is 0 Å². The van der Waals surface area contributed by atoms with Gasteiger partial charge in [0.05, 0.1) is 0 Å². The Balaban J connectivity index is 0.636. The van der Waals surface area contributed by atoms with E-state index in [9.17, 15) is 0 Å². The molecule has 0 amide bonds. The van der Waals surface area contributed by atoms with Crippen molar-refractivity contribution in [1.29, 1.82) is 0 Å². The number of rotatable bonds is 11. The maximum atomic E-state index is 7.29. The Kier molecular flexibility index (Phi) is 15.3. The van der Waals surface area contributed by atoms with E-state index in [0.717, 1.165) is 78.1 Å². The molecule has 0 aliphatic carbocycles. The van der Waals surface area contributed by atoms with Crippen molar-refractivity contribution < 1.29 is 8.83 Å². The number of fused-ring (bicyclic) bond motifs is 14. The van der Waals surface area contributed by atoms with E-state index in [1.807, 2.05) is 18.5 Å². The van der Waals surface area contributed by atoms with Crippen LogP contribution in [0.15, 0.2) is 373 Å². The van der Waals surface area contributed by atoms with Crippen LogP contribution in [0.5, 0.6) is 0 Å². The molecule has 0 spiro atoms. The van der Waals surface area contributed by atoms with Gasteiger partial charge in [0, 0.05) is 61.8 Å². The quantitative estimate of drug-likeness (QED) is 0.121. The minimum Gasteiger partial charge on any atom is -0.455 e. The minimum absolute atomic E-state index is 0.142. The molecule has 3 aromatic heterocycles. The second kappa shape index (κ2) is 26.1. The fraction of sp³-hybridized carbons (Fsp3) is 0.0721. The summed E-state index contributed by atoms with van der Waals surface area (Å²) in [5, 5.41) is 23.6. The summed E-state index contributed by atoms with van der Waals surface area (Å²) in [6.45, 7) is 11.9. The van der Waals surface area contributed by atoms with Gasteiger partial charge in [0.25, 0.3) is 0 Å². The molecule has 19 aromatic carbocycles. The standard InChI is InChI=1S/C111H77NO2/c1-110(2,3)72-62-71(101-80-39-15-19-43-84(80)103(85-44-20-16-40-81(85)101)91-50-28-56-97-107(91)95-54-25-51-92(108(95)114-97)104-86-45-21-9-33-74(86)98(68-30-7-6-8-31-68)75-34-10-22-46-87(75)104)63-73(64-72)111(4,5)65-67-57-59-69(60-58-67)99-76-35-11-23-47-88(76)105(89-48-24-12-36-77(89)99)93-52-26-53-94-106-90(49-27-55-96(106)113-109(93)94)102-82-41-17-13-37-78(82)100(70-32-29-61-112-66-70)79-38-14-18-42-83(79)102/h6-64,66H,65H2,1-5H3. The molecule has 0 bridgehead atoms. The highest BCUT2D eigenvalue weighted by molar-refractivity contribution is 6.31. The summed E-state index contributed by atoms with van der Waals surface area (Å²) >= 11 is 0. The Bertz CT molecular complexity index is 7510. The van der Waals surface area contributed by atoms with E-state index in [-0.39, 0.29) is 10.8 Å². The van der Waals surface area contributed by atoms with E-state index in [2.05, 4.69) is 385 Å². The zero-order chi connectivity index (χ0) is 76.1. The van der Waals surface area contributed by atoms with Crippen LogP contribution in [0.3, 0.4) is 0 Å². The lowest BCUT2D eigenvalue weighted by atomic mass is 9.74. The van der Waals surface area contributed by atoms with E-state index < -0.39 is 0 Å². The number of furan rings is 2. The van der Waals surface area contributed by atoms with E-state index >= 15 is 0 Å². The summed E-state index contributed by atoms with van der Waals surface area (Å²) in [5.74, 6) is 0. The molecular weight excluding hydrogens is 1380 g/mol. The maximum Gasteiger partial charge on any atom is 0.143 e. The normalized spacial score (nSPS) is 12.3. The summed E-state index contributed by atoms with van der Waals surface area (Å²) in [7, 11) is 0. The Labute approximate surface area is 661 Å². The third-order valence-electron chi connectivity index (χ3n) is 24.6. The Hall–Kier alpha value is -14.0. The number of para-hydroxylation sites is 2. The SMILES string of the molecule is CC(C)(C)c1cc(-c2c3ccccc3c(-c3cccc4oc5c(-c6c7ccccc7c(-c7ccccc7)c7ccccc67)cccc5c34)c3ccccc23)cc(C(C)(C)Cc2ccc(-c3c4ccccc4c(-c4cccc5c4oc4cccc(-c6c7ccccc7c(-c7cccnc7)c7ccccc67)c45)c4ccccc34)cc2)c1. The zero-order valence-electron chi connectivity index (χ0n) is 64.1. The lowest BCUT2D eigenvalue weighted by Gasteiger charge is -2.30. The van der Waals surface area contributed by atoms with Gasteiger partial charge in [-0.15, -0.1) is 0 Å². The molecule has 0 saturated carbocycles. The van der Waals surface area contributed by atoms with Gasteiger partial charge in [-0.2, -0.15) is 0 Å². The molecule has 538 valence electrons. The molecule has 0 aliphatic rings. The van der Waals surface area contributed by atoms with Gasteiger partial charge in [-0.05, 0) is 200 Å². The first-order valence-electron chi connectivity index (χ1n) is 39.8. The number of aromatic nitrogens is 1. The molecule has 3 nitrogen and oxygen atoms in total. The van der Waals surface area contributed by atoms with Crippen LogP contribution in [0.2, 0.25) is 0 Å². The van der Waals surface area contributed by atoms with Crippen molar-refractivity contribution >= 4 is 130 Å². The second-order valence-electron chi connectivity index (χ2n) is 32.7. The number of pyridine rings is 1. The summed E-state index contributed by atoms with van der Waals surface area (Å²) in [6.07, 6.45) is 4.67. The molecule has 0 saturated heterocycles. The summed E-state index contributed by atoms with van der Waals surface area (Å²) in [6, 6.07) is 130. The summed E-state index contributed by atoms with van der Waals surface area (Å²) < 4.78 is 14.6. The fourth-order valence-corrected chi connectivity index (χ4v) is 19.5. The lowest BCUT2D eigenvalue weighted by molar-refractivity contribution is 0.517. The van der Waals surface area contributed by atoms with Crippen molar-refractivity contribution in [2.24, 2.45) is 0 Å². The van der Waals surface area contributed by atoms with Gasteiger partial charge in [0.2, 0.25) is 0 Å². The molecule has 0 N–H and O–H groups in total. The van der Waals surface area contributed by atoms with Crippen LogP contribution in [0.1, 0.15) is 51.3 Å². The highest BCUT2D eigenvalue weighted by Crippen LogP contribution is 2.55. The van der Waals surface area contributed by atoms with Gasteiger partial charge < -0.3 is 8.83 Å². The first kappa shape index (κ1) is 67.0. The van der Waals surface area contributed by atoms with Crippen LogP contribution in [-0.2, 0) is 17.3 Å². The number of hydrogen-bond acceptors (Lipinski definition) is 3. The Morgan fingerprint density at radius 3 is 0.904 bits per heavy atom. The number of nitrogens with zero attached hydrogens (tertiary/aromatic N) is 1. The molecule has 0 atom stereocenters. The molecule has 22 rings (SSSR count). The Morgan fingerprint density at radius 2 is 0.535 bits per heavy atom. The van der Waals surface area contributed by atoms with Crippen molar-refractivity contribution in [3.05, 3.63) is 381 Å². The van der Waals surface area contributed by atoms with Crippen molar-refractivity contribution in [1.82, 2.24) is 4.98 Å². The fourth-order valence-electron chi connectivity index (χ4n) is 19.5. The van der Waals surface area contributed by atoms with Gasteiger partial charge in [0.15, 0.2) is 0 Å². The van der Waals surface area contributed by atoms with Gasteiger partial charge in [-0.25, -0.2) is 0 Å². The largest absolute Gasteiger partial charge is 0.455 e. The molecule has 22 aromatic rings. The van der Waals surface area contributed by atoms with E-state index in [1.165, 1.54) is 164 Å². The number of benzene rings is 19. The van der Waals surface area contributed by atoms with Crippen LogP contribution in [0.4, 0.5) is 0 Å². The predicted molar refractivity (Wildman–Crippen MR) is 484 cm³/mol. The van der Waals surface area contributed by atoms with Crippen molar-refractivity contribution in [3.8, 4) is 89.0 Å². The number of hydrogen-bond donors (Lipinski definition) is 0. The highest BCUT2D eigenvalue weighted by atomic mass is 16.3. The van der Waals surface area contributed by atoms with E-state index in [0.29, 0.717) is 0 Å². The molecule has 0 radical (unpaired) electrons. The van der Waals surface area contributed by atoms with Crippen LogP contribution < -0.4 is 0 Å². The maximum absolute atomic E-state index is 7.29. The average Bonchev–Trinajstić information content (AvgIpc) is 1.44. The second-order valence-corrected chi connectivity index (χ2v) is 32.7. The van der Waals surface area contributed by atoms with Crippen LogP contribution in [-0.4, -0.2) is 4.98 Å². The van der Waals surface area contributed by atoms with Gasteiger partial charge in [-0.3, -0.25) is 4.98 Å². The van der Waals surface area contributed by atoms with E-state index in [1.54, 1.807) is 0 Å². The minimum atomic E-state index is -0.269. The van der Waals surface area contributed by atoms with Crippen molar-refractivity contribution in [2.75, 3.05) is 0 Å². The van der Waals surface area contributed by atoms with Crippen LogP contribution in [0, 0.1) is 0 Å². The third-order valence-corrected chi connectivity index (χ3v) is 24.6. The van der Waals surface area contributed by atoms with Crippen molar-refractivity contribution in [3.63, 3.8) is 0 Å². The average molecular weight is 1460 g/mol. The molecule has 0 fully saturated rings. The zero-order valence-corrected chi connectivity index (χ0v) is 64.1. The topological polar surface area (TPSA) is 39.2 Å². The van der Waals surface area contributed by atoms with Gasteiger partial charge in [0.1, 0.15) is 22.3 Å². The van der Waals surface area contributed by atoms with Crippen LogP contribution >= 0.6 is 0 Å². The first-order chi connectivity index (χ1) is 56.0. The molecule has 0 aliphatic heterocycles. The predicted octanol–water partition coefficient (Wildman–Crippen LogP) is 31.3. The highest BCUT2D eigenvalue weighted by Gasteiger charge is 2.31. The summed E-state index contributed by atoms with van der Waals surface area (Å²) in [4.78, 5) is 4.58. The monoisotopic (exact) mass is 1460 g/mol. The van der Waals surface area contributed by atoms with E-state index in [4.69, 9.17) is 8.83 Å². The first-order valence-corrected chi connectivity index (χ1v) is 39.8.